The Balaban J connectivity index is 2.63. The molecule has 1 aromatic rings. The molecule has 78 valence electrons. The second-order valence-corrected chi connectivity index (χ2v) is 4.46. The predicted molar refractivity (Wildman–Crippen MR) is 64.5 cm³/mol. The maximum absolute atomic E-state index is 6.10. The van der Waals surface area contributed by atoms with E-state index in [1.807, 2.05) is 25.1 Å². The lowest BCUT2D eigenvalue weighted by molar-refractivity contribution is 0.556. The number of nitrogens with one attached hydrogen (secondary N) is 1. The fraction of sp³-hybridized carbons (Fsp3) is 0.400. The first-order valence-corrected chi connectivity index (χ1v) is 5.68. The van der Waals surface area contributed by atoms with Gasteiger partial charge >= 0.3 is 0 Å². The van der Waals surface area contributed by atoms with Gasteiger partial charge in [0.05, 0.1) is 5.02 Å². The van der Waals surface area contributed by atoms with Gasteiger partial charge in [-0.15, -0.1) is 0 Å². The standard InChI is InChI=1S/C10H14BrClN2/c1-7(5-13)14-6-8-3-2-4-9(11)10(8)12/h2-4,7,14H,5-6,13H2,1H3/t7-/m0/s1. The van der Waals surface area contributed by atoms with E-state index in [4.69, 9.17) is 17.3 Å². The molecule has 0 saturated carbocycles. The van der Waals surface area contributed by atoms with Gasteiger partial charge in [0.2, 0.25) is 0 Å². The lowest BCUT2D eigenvalue weighted by Crippen LogP contribution is -2.32. The van der Waals surface area contributed by atoms with E-state index in [0.717, 1.165) is 21.6 Å². The van der Waals surface area contributed by atoms with Gasteiger partial charge in [0.15, 0.2) is 0 Å². The molecule has 2 nitrogen and oxygen atoms in total. The Labute approximate surface area is 98.0 Å². The van der Waals surface area contributed by atoms with Crippen molar-refractivity contribution in [2.75, 3.05) is 6.54 Å². The van der Waals surface area contributed by atoms with Crippen LogP contribution in [-0.4, -0.2) is 12.6 Å². The van der Waals surface area contributed by atoms with Crippen LogP contribution in [0.1, 0.15) is 12.5 Å². The smallest absolute Gasteiger partial charge is 0.0592 e. The molecule has 0 aliphatic heterocycles. The summed E-state index contributed by atoms with van der Waals surface area (Å²) in [7, 11) is 0. The normalized spacial score (nSPS) is 12.9. The third-order valence-electron chi connectivity index (χ3n) is 2.03. The van der Waals surface area contributed by atoms with Gasteiger partial charge in [-0.1, -0.05) is 23.7 Å². The Hall–Kier alpha value is -0.0900. The molecule has 0 saturated heterocycles. The molecule has 0 fully saturated rings. The molecule has 0 radical (unpaired) electrons. The number of nitrogens with two attached hydrogens (primary N) is 1. The minimum absolute atomic E-state index is 0.310. The molecule has 0 aliphatic rings. The molecule has 14 heavy (non-hydrogen) atoms. The zero-order chi connectivity index (χ0) is 10.6. The summed E-state index contributed by atoms with van der Waals surface area (Å²) in [5, 5.41) is 4.05. The quantitative estimate of drug-likeness (QED) is 0.887. The monoisotopic (exact) mass is 276 g/mol. The summed E-state index contributed by atoms with van der Waals surface area (Å²) < 4.78 is 0.930. The number of rotatable bonds is 4. The average molecular weight is 278 g/mol. The molecule has 0 heterocycles. The minimum Gasteiger partial charge on any atom is -0.329 e. The van der Waals surface area contributed by atoms with Crippen molar-refractivity contribution in [3.63, 3.8) is 0 Å². The summed E-state index contributed by atoms with van der Waals surface area (Å²) in [6.07, 6.45) is 0. The van der Waals surface area contributed by atoms with Crippen LogP contribution < -0.4 is 11.1 Å². The summed E-state index contributed by atoms with van der Waals surface area (Å²) in [6.45, 7) is 3.42. The molecule has 0 spiro atoms. The molecular formula is C10H14BrClN2. The topological polar surface area (TPSA) is 38.0 Å². The van der Waals surface area contributed by atoms with Crippen LogP contribution in [0.15, 0.2) is 22.7 Å². The second kappa shape index (κ2) is 5.71. The summed E-state index contributed by atoms with van der Waals surface area (Å²) in [4.78, 5) is 0. The van der Waals surface area contributed by atoms with Crippen molar-refractivity contribution >= 4 is 27.5 Å². The van der Waals surface area contributed by atoms with Crippen molar-refractivity contribution in [3.05, 3.63) is 33.3 Å². The molecule has 0 aromatic heterocycles. The molecule has 0 unspecified atom stereocenters. The summed E-state index contributed by atoms with van der Waals surface area (Å²) in [6, 6.07) is 6.21. The van der Waals surface area contributed by atoms with Crippen LogP contribution in [0.4, 0.5) is 0 Å². The van der Waals surface area contributed by atoms with Gasteiger partial charge in [-0.05, 0) is 34.5 Å². The third-order valence-corrected chi connectivity index (χ3v) is 3.36. The zero-order valence-corrected chi connectivity index (χ0v) is 10.4. The van der Waals surface area contributed by atoms with Crippen LogP contribution in [-0.2, 0) is 6.54 Å². The SMILES string of the molecule is C[C@@H](CN)NCc1cccc(Br)c1Cl. The Kier molecular flexibility index (Phi) is 4.89. The maximum Gasteiger partial charge on any atom is 0.0592 e. The van der Waals surface area contributed by atoms with Gasteiger partial charge in [0, 0.05) is 23.6 Å². The Bertz CT molecular complexity index is 304. The van der Waals surface area contributed by atoms with Crippen molar-refractivity contribution < 1.29 is 0 Å². The first-order chi connectivity index (χ1) is 6.65. The molecule has 0 bridgehead atoms. The summed E-state index contributed by atoms with van der Waals surface area (Å²) in [5.41, 5.74) is 6.58. The van der Waals surface area contributed by atoms with Crippen LogP contribution in [0.3, 0.4) is 0 Å². The molecule has 3 N–H and O–H groups in total. The summed E-state index contributed by atoms with van der Waals surface area (Å²) >= 11 is 9.49. The van der Waals surface area contributed by atoms with Gasteiger partial charge in [-0.2, -0.15) is 0 Å². The largest absolute Gasteiger partial charge is 0.329 e. The molecule has 4 heteroatoms. The van der Waals surface area contributed by atoms with E-state index in [1.54, 1.807) is 0 Å². The average Bonchev–Trinajstić information content (AvgIpc) is 2.20. The fourth-order valence-electron chi connectivity index (χ4n) is 1.05. The van der Waals surface area contributed by atoms with Crippen molar-refractivity contribution in [2.45, 2.75) is 19.5 Å². The van der Waals surface area contributed by atoms with Gasteiger partial charge in [0.25, 0.3) is 0 Å². The Morgan fingerprint density at radius 1 is 1.57 bits per heavy atom. The van der Waals surface area contributed by atoms with E-state index in [0.29, 0.717) is 12.6 Å². The van der Waals surface area contributed by atoms with Crippen molar-refractivity contribution in [2.24, 2.45) is 5.73 Å². The van der Waals surface area contributed by atoms with Gasteiger partial charge in [-0.3, -0.25) is 0 Å². The van der Waals surface area contributed by atoms with Gasteiger partial charge in [-0.25, -0.2) is 0 Å². The Morgan fingerprint density at radius 2 is 2.29 bits per heavy atom. The van der Waals surface area contributed by atoms with E-state index >= 15 is 0 Å². The van der Waals surface area contributed by atoms with Crippen LogP contribution >= 0.6 is 27.5 Å². The van der Waals surface area contributed by atoms with E-state index in [-0.39, 0.29) is 0 Å². The van der Waals surface area contributed by atoms with Gasteiger partial charge < -0.3 is 11.1 Å². The highest BCUT2D eigenvalue weighted by Crippen LogP contribution is 2.25. The predicted octanol–water partition coefficient (Wildman–Crippen LogP) is 2.54. The highest BCUT2D eigenvalue weighted by molar-refractivity contribution is 9.10. The van der Waals surface area contributed by atoms with Crippen LogP contribution in [0.25, 0.3) is 0 Å². The highest BCUT2D eigenvalue weighted by Gasteiger charge is 2.04. The zero-order valence-electron chi connectivity index (χ0n) is 8.06. The second-order valence-electron chi connectivity index (χ2n) is 3.23. The van der Waals surface area contributed by atoms with E-state index in [2.05, 4.69) is 21.2 Å². The van der Waals surface area contributed by atoms with Crippen molar-refractivity contribution in [1.29, 1.82) is 0 Å². The number of hydrogen-bond donors (Lipinski definition) is 2. The van der Waals surface area contributed by atoms with Crippen molar-refractivity contribution in [3.8, 4) is 0 Å². The lowest BCUT2D eigenvalue weighted by atomic mass is 10.2. The first kappa shape index (κ1) is 12.0. The molecule has 1 atom stereocenters. The third kappa shape index (κ3) is 3.24. The van der Waals surface area contributed by atoms with Gasteiger partial charge in [0.1, 0.15) is 0 Å². The number of halogens is 2. The minimum atomic E-state index is 0.310. The number of benzene rings is 1. The van der Waals surface area contributed by atoms with E-state index in [9.17, 15) is 0 Å². The summed E-state index contributed by atoms with van der Waals surface area (Å²) in [5.74, 6) is 0. The maximum atomic E-state index is 6.10. The molecule has 0 aliphatic carbocycles. The fourth-order valence-corrected chi connectivity index (χ4v) is 1.65. The van der Waals surface area contributed by atoms with Crippen LogP contribution in [0.2, 0.25) is 5.02 Å². The van der Waals surface area contributed by atoms with Crippen LogP contribution in [0, 0.1) is 0 Å². The molecular weight excluding hydrogens is 263 g/mol. The van der Waals surface area contributed by atoms with Crippen LogP contribution in [0.5, 0.6) is 0 Å². The molecule has 1 rings (SSSR count). The van der Waals surface area contributed by atoms with E-state index < -0.39 is 0 Å². The molecule has 1 aromatic carbocycles. The van der Waals surface area contributed by atoms with E-state index in [1.165, 1.54) is 0 Å². The molecule has 0 amide bonds. The highest BCUT2D eigenvalue weighted by atomic mass is 79.9. The van der Waals surface area contributed by atoms with Crippen molar-refractivity contribution in [1.82, 2.24) is 5.32 Å². The lowest BCUT2D eigenvalue weighted by Gasteiger charge is -2.12. The number of hydrogen-bond acceptors (Lipinski definition) is 2. The first-order valence-electron chi connectivity index (χ1n) is 4.51. The Morgan fingerprint density at radius 3 is 2.93 bits per heavy atom.